The summed E-state index contributed by atoms with van der Waals surface area (Å²) in [4.78, 5) is 2.27. The van der Waals surface area contributed by atoms with Crippen molar-refractivity contribution in [1.82, 2.24) is 4.90 Å². The summed E-state index contributed by atoms with van der Waals surface area (Å²) >= 11 is 0. The number of nitrogen functional groups attached to an aromatic ring is 1. The van der Waals surface area contributed by atoms with E-state index < -0.39 is 5.67 Å². The Kier molecular flexibility index (Phi) is 4.66. The topological polar surface area (TPSA) is 62.3 Å². The van der Waals surface area contributed by atoms with Gasteiger partial charge < -0.3 is 15.9 Å². The van der Waals surface area contributed by atoms with Crippen LogP contribution in [-0.4, -0.2) is 36.5 Å². The average molecular weight is 381 g/mol. The number of hydrogen-bond donors (Lipinski definition) is 2. The molecule has 1 heterocycles. The largest absolute Gasteiger partial charge is 0.496 e. The second-order valence-corrected chi connectivity index (χ2v) is 8.30. The Balaban J connectivity index is 1.91. The molecular formula is C23H28FN3O. The molecule has 2 aromatic carbocycles. The normalized spacial score (nSPS) is 23.1. The van der Waals surface area contributed by atoms with E-state index in [-0.39, 0.29) is 12.1 Å². The monoisotopic (exact) mass is 381 g/mol. The molecule has 0 amide bonds. The van der Waals surface area contributed by atoms with Crippen LogP contribution in [0.4, 0.5) is 10.1 Å². The van der Waals surface area contributed by atoms with Gasteiger partial charge in [-0.3, -0.25) is 4.90 Å². The molecule has 0 bridgehead atoms. The molecule has 0 radical (unpaired) electrons. The predicted octanol–water partition coefficient (Wildman–Crippen LogP) is 4.42. The van der Waals surface area contributed by atoms with Crippen molar-refractivity contribution in [3.63, 3.8) is 0 Å². The maximum atomic E-state index is 14.9. The lowest BCUT2D eigenvalue weighted by atomic mass is 9.81. The Hall–Kier alpha value is -2.40. The summed E-state index contributed by atoms with van der Waals surface area (Å²) in [6.07, 6.45) is 3.37. The van der Waals surface area contributed by atoms with Crippen molar-refractivity contribution in [2.75, 3.05) is 19.4 Å². The van der Waals surface area contributed by atoms with E-state index >= 15 is 0 Å². The number of alkyl halides is 1. The lowest BCUT2D eigenvalue weighted by Crippen LogP contribution is -2.46. The third-order valence-electron chi connectivity index (χ3n) is 6.21. The number of benzene rings is 2. The zero-order chi connectivity index (χ0) is 20.1. The molecule has 2 aromatic rings. The first-order valence-electron chi connectivity index (χ1n) is 9.88. The number of anilines is 1. The Bertz CT molecular complexity index is 922. The molecule has 1 aliphatic heterocycles. The first kappa shape index (κ1) is 18.9. The van der Waals surface area contributed by atoms with E-state index in [2.05, 4.69) is 24.0 Å². The SMILES string of the molecule is COc1cc(C)ccc1[C@@H]1c2ccc(N)c(C=N)c2C[C@@H](C)N1CC1(F)CC1. The van der Waals surface area contributed by atoms with E-state index in [9.17, 15) is 4.39 Å². The highest BCUT2D eigenvalue weighted by Crippen LogP contribution is 2.48. The molecule has 2 atom stereocenters. The Morgan fingerprint density at radius 2 is 2.00 bits per heavy atom. The Labute approximate surface area is 166 Å². The number of aryl methyl sites for hydroxylation is 1. The molecule has 0 saturated heterocycles. The fourth-order valence-electron chi connectivity index (χ4n) is 4.46. The van der Waals surface area contributed by atoms with Crippen molar-refractivity contribution >= 4 is 11.9 Å². The van der Waals surface area contributed by atoms with E-state index in [4.69, 9.17) is 15.9 Å². The van der Waals surface area contributed by atoms with Crippen LogP contribution in [-0.2, 0) is 6.42 Å². The van der Waals surface area contributed by atoms with Crippen molar-refractivity contribution in [2.45, 2.75) is 50.9 Å². The molecule has 1 saturated carbocycles. The highest BCUT2D eigenvalue weighted by molar-refractivity contribution is 5.88. The molecule has 2 aliphatic rings. The number of nitrogens with two attached hydrogens (primary N) is 1. The molecule has 148 valence electrons. The van der Waals surface area contributed by atoms with Crippen LogP contribution in [0, 0.1) is 12.3 Å². The van der Waals surface area contributed by atoms with Gasteiger partial charge in [0.15, 0.2) is 0 Å². The maximum Gasteiger partial charge on any atom is 0.124 e. The van der Waals surface area contributed by atoms with Gasteiger partial charge in [-0.15, -0.1) is 0 Å². The summed E-state index contributed by atoms with van der Waals surface area (Å²) in [5, 5.41) is 7.87. The molecule has 4 nitrogen and oxygen atoms in total. The maximum absolute atomic E-state index is 14.9. The highest BCUT2D eigenvalue weighted by Gasteiger charge is 2.48. The fraction of sp³-hybridized carbons (Fsp3) is 0.435. The Morgan fingerprint density at radius 1 is 1.29 bits per heavy atom. The van der Waals surface area contributed by atoms with Gasteiger partial charge in [0.1, 0.15) is 11.4 Å². The number of nitrogens with one attached hydrogen (secondary N) is 1. The molecule has 5 heteroatoms. The van der Waals surface area contributed by atoms with Crippen LogP contribution in [0.2, 0.25) is 0 Å². The summed E-state index contributed by atoms with van der Waals surface area (Å²) in [5.74, 6) is 0.812. The summed E-state index contributed by atoms with van der Waals surface area (Å²) in [5.41, 5.74) is 10.8. The zero-order valence-electron chi connectivity index (χ0n) is 16.8. The third kappa shape index (κ3) is 3.18. The van der Waals surface area contributed by atoms with Crippen LogP contribution in [0.1, 0.15) is 53.6 Å². The van der Waals surface area contributed by atoms with Crippen LogP contribution in [0.5, 0.6) is 5.75 Å². The van der Waals surface area contributed by atoms with Crippen LogP contribution in [0.15, 0.2) is 30.3 Å². The lowest BCUT2D eigenvalue weighted by Gasteiger charge is -2.44. The van der Waals surface area contributed by atoms with Gasteiger partial charge in [-0.1, -0.05) is 18.2 Å². The second-order valence-electron chi connectivity index (χ2n) is 8.30. The van der Waals surface area contributed by atoms with Gasteiger partial charge in [0, 0.05) is 35.6 Å². The average Bonchev–Trinajstić information content (AvgIpc) is 3.40. The van der Waals surface area contributed by atoms with Crippen LogP contribution in [0.25, 0.3) is 0 Å². The van der Waals surface area contributed by atoms with E-state index in [1.165, 1.54) is 6.21 Å². The van der Waals surface area contributed by atoms with Crippen molar-refractivity contribution in [3.8, 4) is 5.75 Å². The molecule has 0 unspecified atom stereocenters. The lowest BCUT2D eigenvalue weighted by molar-refractivity contribution is 0.0969. The smallest absolute Gasteiger partial charge is 0.124 e. The van der Waals surface area contributed by atoms with Gasteiger partial charge >= 0.3 is 0 Å². The van der Waals surface area contributed by atoms with Crippen molar-refractivity contribution in [3.05, 3.63) is 58.1 Å². The molecule has 3 N–H and O–H groups in total. The first-order chi connectivity index (χ1) is 13.4. The molecule has 1 fully saturated rings. The minimum Gasteiger partial charge on any atom is -0.496 e. The molecule has 4 rings (SSSR count). The number of fused-ring (bicyclic) bond motifs is 1. The second kappa shape index (κ2) is 6.89. The summed E-state index contributed by atoms with van der Waals surface area (Å²) in [7, 11) is 1.68. The van der Waals surface area contributed by atoms with Crippen molar-refractivity contribution in [2.24, 2.45) is 0 Å². The standard InChI is InChI=1S/C23H28FN3O/c1-14-4-5-17(21(10-14)28-3)22-16-6-7-20(26)19(12-25)18(16)11-15(2)27(22)13-23(24)8-9-23/h4-7,10,12,15,22,25H,8-9,11,13,26H2,1-3H3/t15-,22+/m1/s1. The highest BCUT2D eigenvalue weighted by atomic mass is 19.1. The molecule has 1 aliphatic carbocycles. The molecule has 0 aromatic heterocycles. The molecular weight excluding hydrogens is 353 g/mol. The number of rotatable bonds is 5. The minimum absolute atomic E-state index is 0.123. The Morgan fingerprint density at radius 3 is 2.64 bits per heavy atom. The number of hydrogen-bond acceptors (Lipinski definition) is 4. The van der Waals surface area contributed by atoms with E-state index in [1.54, 1.807) is 7.11 Å². The van der Waals surface area contributed by atoms with Gasteiger partial charge in [-0.25, -0.2) is 4.39 Å². The number of methoxy groups -OCH3 is 1. The summed E-state index contributed by atoms with van der Waals surface area (Å²) in [6.45, 7) is 4.59. The van der Waals surface area contributed by atoms with E-state index in [1.807, 2.05) is 25.1 Å². The number of ether oxygens (including phenoxy) is 1. The molecule has 0 spiro atoms. The molecule has 28 heavy (non-hydrogen) atoms. The van der Waals surface area contributed by atoms with E-state index in [0.29, 0.717) is 25.1 Å². The van der Waals surface area contributed by atoms with Crippen LogP contribution in [0.3, 0.4) is 0 Å². The van der Waals surface area contributed by atoms with Gasteiger partial charge in [0.2, 0.25) is 0 Å². The van der Waals surface area contributed by atoms with Gasteiger partial charge in [0.25, 0.3) is 0 Å². The zero-order valence-corrected chi connectivity index (χ0v) is 16.8. The fourth-order valence-corrected chi connectivity index (χ4v) is 4.46. The minimum atomic E-state index is -1.08. The van der Waals surface area contributed by atoms with Crippen molar-refractivity contribution in [1.29, 1.82) is 5.41 Å². The van der Waals surface area contributed by atoms with Gasteiger partial charge in [-0.05, 0) is 61.9 Å². The summed E-state index contributed by atoms with van der Waals surface area (Å²) < 4.78 is 20.6. The predicted molar refractivity (Wildman–Crippen MR) is 111 cm³/mol. The number of nitrogens with zero attached hydrogens (tertiary/aromatic N) is 1. The van der Waals surface area contributed by atoms with Gasteiger partial charge in [-0.2, -0.15) is 0 Å². The third-order valence-corrected chi connectivity index (χ3v) is 6.21. The van der Waals surface area contributed by atoms with Crippen LogP contribution >= 0.6 is 0 Å². The van der Waals surface area contributed by atoms with Gasteiger partial charge in [0.05, 0.1) is 13.2 Å². The number of halogens is 1. The summed E-state index contributed by atoms with van der Waals surface area (Å²) in [6, 6.07) is 10.1. The quantitative estimate of drug-likeness (QED) is 0.595. The van der Waals surface area contributed by atoms with Crippen LogP contribution < -0.4 is 10.5 Å². The van der Waals surface area contributed by atoms with Crippen molar-refractivity contribution < 1.29 is 9.13 Å². The van der Waals surface area contributed by atoms with E-state index in [0.717, 1.165) is 40.0 Å². The first-order valence-corrected chi connectivity index (χ1v) is 9.88.